The van der Waals surface area contributed by atoms with Gasteiger partial charge >= 0.3 is 0 Å². The largest absolute Gasteiger partial charge is 0.507 e. The fourth-order valence-corrected chi connectivity index (χ4v) is 3.36. The van der Waals surface area contributed by atoms with Crippen molar-refractivity contribution in [2.75, 3.05) is 17.1 Å². The molecule has 2 aromatic carbocycles. The number of anilines is 1. The Morgan fingerprint density at radius 2 is 2.00 bits per heavy atom. The van der Waals surface area contributed by atoms with Crippen molar-refractivity contribution in [2.45, 2.75) is 6.92 Å². The van der Waals surface area contributed by atoms with Crippen LogP contribution in [0, 0.1) is 6.92 Å². The second-order valence-electron chi connectivity index (χ2n) is 5.55. The molecule has 7 nitrogen and oxygen atoms in total. The van der Waals surface area contributed by atoms with Crippen LogP contribution in [0.2, 0.25) is 5.02 Å². The second-order valence-corrected chi connectivity index (χ2v) is 7.90. The highest BCUT2D eigenvalue weighted by molar-refractivity contribution is 7.92. The third-order valence-corrected chi connectivity index (χ3v) is 4.81. The van der Waals surface area contributed by atoms with Crippen LogP contribution < -0.4 is 9.73 Å². The highest BCUT2D eigenvalue weighted by Gasteiger charge is 2.22. The molecule has 2 N–H and O–H groups in total. The van der Waals surface area contributed by atoms with Gasteiger partial charge < -0.3 is 5.11 Å². The Balaban J connectivity index is 2.14. The first kappa shape index (κ1) is 19.7. The Labute approximate surface area is 157 Å². The number of rotatable bonds is 6. The number of halogens is 1. The van der Waals surface area contributed by atoms with Gasteiger partial charge in [0.25, 0.3) is 5.91 Å². The number of phenolic OH excluding ortho intramolecular Hbond substituents is 1. The Hall–Kier alpha value is -2.58. The van der Waals surface area contributed by atoms with E-state index in [1.807, 2.05) is 0 Å². The van der Waals surface area contributed by atoms with Crippen molar-refractivity contribution in [1.82, 2.24) is 5.43 Å². The maximum atomic E-state index is 12.1. The van der Waals surface area contributed by atoms with E-state index in [0.717, 1.165) is 10.6 Å². The summed E-state index contributed by atoms with van der Waals surface area (Å²) in [6.45, 7) is 1.26. The van der Waals surface area contributed by atoms with E-state index in [4.69, 9.17) is 11.6 Å². The van der Waals surface area contributed by atoms with Gasteiger partial charge in [-0.05, 0) is 42.8 Å². The molecular formula is C17H18ClN3O4S. The average Bonchev–Trinajstić information content (AvgIpc) is 2.54. The summed E-state index contributed by atoms with van der Waals surface area (Å²) in [6.07, 6.45) is 2.28. The van der Waals surface area contributed by atoms with Gasteiger partial charge in [0.1, 0.15) is 12.3 Å². The van der Waals surface area contributed by atoms with Crippen LogP contribution in [0.3, 0.4) is 0 Å². The number of carbonyl (C=O) groups excluding carboxylic acids is 1. The molecule has 9 heteroatoms. The van der Waals surface area contributed by atoms with E-state index in [9.17, 15) is 18.3 Å². The summed E-state index contributed by atoms with van der Waals surface area (Å²) < 4.78 is 25.1. The standard InChI is InChI=1S/C17H18ClN3O4S/c1-12-9-14(18)7-8-15(12)21(26(2,24)25)11-17(23)20-19-10-13-5-3-4-6-16(13)22/h3-10,22H,11H2,1-2H3,(H,20,23)/b19-10-. The van der Waals surface area contributed by atoms with Crippen LogP contribution in [0.1, 0.15) is 11.1 Å². The molecule has 0 radical (unpaired) electrons. The number of amides is 1. The van der Waals surface area contributed by atoms with E-state index in [1.165, 1.54) is 18.3 Å². The summed E-state index contributed by atoms with van der Waals surface area (Å²) in [4.78, 5) is 12.1. The van der Waals surface area contributed by atoms with Gasteiger partial charge in [-0.15, -0.1) is 0 Å². The summed E-state index contributed by atoms with van der Waals surface area (Å²) in [6, 6.07) is 11.2. The SMILES string of the molecule is Cc1cc(Cl)ccc1N(CC(=O)N/N=C\c1ccccc1O)S(C)(=O)=O. The number of hydrogen-bond donors (Lipinski definition) is 2. The van der Waals surface area contributed by atoms with Crippen molar-refractivity contribution in [3.63, 3.8) is 0 Å². The van der Waals surface area contributed by atoms with Gasteiger partial charge in [0.05, 0.1) is 18.2 Å². The predicted molar refractivity (Wildman–Crippen MR) is 102 cm³/mol. The van der Waals surface area contributed by atoms with Gasteiger partial charge in [0, 0.05) is 10.6 Å². The molecule has 0 unspecified atom stereocenters. The molecule has 0 aliphatic heterocycles. The minimum Gasteiger partial charge on any atom is -0.507 e. The molecule has 2 rings (SSSR count). The van der Waals surface area contributed by atoms with Crippen LogP contribution in [0.25, 0.3) is 0 Å². The van der Waals surface area contributed by atoms with Gasteiger partial charge in [-0.25, -0.2) is 13.8 Å². The van der Waals surface area contributed by atoms with Crippen LogP contribution in [-0.4, -0.2) is 38.4 Å². The summed E-state index contributed by atoms with van der Waals surface area (Å²) >= 11 is 5.89. The molecule has 26 heavy (non-hydrogen) atoms. The molecule has 0 saturated heterocycles. The lowest BCUT2D eigenvalue weighted by Crippen LogP contribution is -2.39. The number of benzene rings is 2. The molecule has 0 atom stereocenters. The smallest absolute Gasteiger partial charge is 0.260 e. The Kier molecular flexibility index (Phi) is 6.23. The number of para-hydroxylation sites is 1. The van der Waals surface area contributed by atoms with Crippen molar-refractivity contribution < 1.29 is 18.3 Å². The van der Waals surface area contributed by atoms with E-state index in [0.29, 0.717) is 21.8 Å². The number of aromatic hydroxyl groups is 1. The first-order chi connectivity index (χ1) is 12.2. The molecule has 138 valence electrons. The molecule has 0 aliphatic rings. The third kappa shape index (κ3) is 5.21. The van der Waals surface area contributed by atoms with E-state index >= 15 is 0 Å². The first-order valence-electron chi connectivity index (χ1n) is 7.52. The van der Waals surface area contributed by atoms with Gasteiger partial charge in [-0.1, -0.05) is 23.7 Å². The van der Waals surface area contributed by atoms with E-state index in [-0.39, 0.29) is 5.75 Å². The minimum absolute atomic E-state index is 0.0139. The lowest BCUT2D eigenvalue weighted by molar-refractivity contribution is -0.119. The predicted octanol–water partition coefficient (Wildman–Crippen LogP) is 2.27. The first-order valence-corrected chi connectivity index (χ1v) is 9.75. The number of hydrazone groups is 1. The summed E-state index contributed by atoms with van der Waals surface area (Å²) in [7, 11) is -3.69. The van der Waals surface area contributed by atoms with Crippen LogP contribution in [-0.2, 0) is 14.8 Å². The molecule has 0 aromatic heterocycles. The van der Waals surface area contributed by atoms with Gasteiger partial charge in [-0.2, -0.15) is 5.10 Å². The quantitative estimate of drug-likeness (QED) is 0.579. The lowest BCUT2D eigenvalue weighted by Gasteiger charge is -2.23. The van der Waals surface area contributed by atoms with Crippen molar-refractivity contribution in [2.24, 2.45) is 5.10 Å². The maximum absolute atomic E-state index is 12.1. The number of carbonyl (C=O) groups is 1. The second kappa shape index (κ2) is 8.20. The Morgan fingerprint density at radius 1 is 1.31 bits per heavy atom. The van der Waals surface area contributed by atoms with E-state index < -0.39 is 22.5 Å². The Morgan fingerprint density at radius 3 is 2.62 bits per heavy atom. The molecule has 0 bridgehead atoms. The number of phenols is 1. The van der Waals surface area contributed by atoms with Crippen molar-refractivity contribution in [1.29, 1.82) is 0 Å². The molecule has 0 spiro atoms. The number of hydrogen-bond acceptors (Lipinski definition) is 5. The highest BCUT2D eigenvalue weighted by Crippen LogP contribution is 2.25. The molecule has 0 aliphatic carbocycles. The fourth-order valence-electron chi connectivity index (χ4n) is 2.22. The number of aryl methyl sites for hydroxylation is 1. The summed E-state index contributed by atoms with van der Waals surface area (Å²) in [5, 5.41) is 13.8. The molecule has 0 fully saturated rings. The number of nitrogens with one attached hydrogen (secondary N) is 1. The van der Waals surface area contributed by atoms with Crippen molar-refractivity contribution in [3.05, 3.63) is 58.6 Å². The third-order valence-electron chi connectivity index (χ3n) is 3.44. The zero-order chi connectivity index (χ0) is 19.3. The lowest BCUT2D eigenvalue weighted by atomic mass is 10.2. The molecule has 0 heterocycles. The number of sulfonamides is 1. The van der Waals surface area contributed by atoms with Gasteiger partial charge in [0.2, 0.25) is 10.0 Å². The zero-order valence-corrected chi connectivity index (χ0v) is 15.8. The van der Waals surface area contributed by atoms with Crippen molar-refractivity contribution >= 4 is 39.4 Å². The van der Waals surface area contributed by atoms with Crippen LogP contribution >= 0.6 is 11.6 Å². The molecule has 2 aromatic rings. The highest BCUT2D eigenvalue weighted by atomic mass is 35.5. The van der Waals surface area contributed by atoms with Crippen LogP contribution in [0.5, 0.6) is 5.75 Å². The maximum Gasteiger partial charge on any atom is 0.260 e. The minimum atomic E-state index is -3.69. The molecule has 1 amide bonds. The van der Waals surface area contributed by atoms with E-state index in [2.05, 4.69) is 10.5 Å². The van der Waals surface area contributed by atoms with Crippen LogP contribution in [0.15, 0.2) is 47.6 Å². The van der Waals surface area contributed by atoms with Crippen molar-refractivity contribution in [3.8, 4) is 5.75 Å². The van der Waals surface area contributed by atoms with Gasteiger partial charge in [0.15, 0.2) is 0 Å². The Bertz CT molecular complexity index is 945. The topological polar surface area (TPSA) is 99.1 Å². The zero-order valence-electron chi connectivity index (χ0n) is 14.2. The fraction of sp³-hybridized carbons (Fsp3) is 0.176. The molecule has 0 saturated carbocycles. The van der Waals surface area contributed by atoms with Crippen LogP contribution in [0.4, 0.5) is 5.69 Å². The molecular weight excluding hydrogens is 378 g/mol. The normalized spacial score (nSPS) is 11.5. The average molecular weight is 396 g/mol. The van der Waals surface area contributed by atoms with E-state index in [1.54, 1.807) is 37.3 Å². The van der Waals surface area contributed by atoms with Gasteiger partial charge in [-0.3, -0.25) is 9.10 Å². The monoisotopic (exact) mass is 395 g/mol. The number of nitrogens with zero attached hydrogens (tertiary/aromatic N) is 2. The summed E-state index contributed by atoms with van der Waals surface area (Å²) in [5.74, 6) is -0.614. The summed E-state index contributed by atoms with van der Waals surface area (Å²) in [5.41, 5.74) is 3.64.